The van der Waals surface area contributed by atoms with Crippen LogP contribution >= 0.6 is 0 Å². The predicted molar refractivity (Wildman–Crippen MR) is 169 cm³/mol. The smallest absolute Gasteiger partial charge is 0.326 e. The lowest BCUT2D eigenvalue weighted by Gasteiger charge is -2.25. The Labute approximate surface area is 258 Å². The number of nitrogens with two attached hydrogens (primary N) is 4. The maximum atomic E-state index is 13.5. The molecule has 2 aromatic carbocycles. The number of carbonyl (C=O) groups excluding carboxylic acids is 3. The van der Waals surface area contributed by atoms with Gasteiger partial charge in [0.05, 0.1) is 6.04 Å². The summed E-state index contributed by atoms with van der Waals surface area (Å²) in [6.45, 7) is 0.612. The number of guanidine groups is 1. The van der Waals surface area contributed by atoms with E-state index in [9.17, 15) is 24.3 Å². The fourth-order valence-electron chi connectivity index (χ4n) is 4.51. The fraction of sp³-hybridized carbons (Fsp3) is 0.452. The van der Waals surface area contributed by atoms with Crippen molar-refractivity contribution in [2.24, 2.45) is 27.9 Å². The van der Waals surface area contributed by atoms with Crippen molar-refractivity contribution < 1.29 is 24.3 Å². The largest absolute Gasteiger partial charge is 0.480 e. The van der Waals surface area contributed by atoms with E-state index in [2.05, 4.69) is 20.9 Å². The highest BCUT2D eigenvalue weighted by molar-refractivity contribution is 5.94. The van der Waals surface area contributed by atoms with Gasteiger partial charge in [-0.25, -0.2) is 4.79 Å². The van der Waals surface area contributed by atoms with Crippen molar-refractivity contribution >= 4 is 29.7 Å². The van der Waals surface area contributed by atoms with Crippen molar-refractivity contribution in [3.05, 3.63) is 71.8 Å². The van der Waals surface area contributed by atoms with Crippen LogP contribution in [0.25, 0.3) is 0 Å². The summed E-state index contributed by atoms with van der Waals surface area (Å²) < 4.78 is 0. The zero-order valence-corrected chi connectivity index (χ0v) is 25.0. The maximum absolute atomic E-state index is 13.5. The Morgan fingerprint density at radius 2 is 1.23 bits per heavy atom. The summed E-state index contributed by atoms with van der Waals surface area (Å²) in [6.07, 6.45) is 2.86. The summed E-state index contributed by atoms with van der Waals surface area (Å²) in [4.78, 5) is 55.7. The van der Waals surface area contributed by atoms with E-state index in [4.69, 9.17) is 22.9 Å². The fourth-order valence-corrected chi connectivity index (χ4v) is 4.51. The summed E-state index contributed by atoms with van der Waals surface area (Å²) in [7, 11) is 0. The van der Waals surface area contributed by atoms with Crippen LogP contribution in [0.1, 0.15) is 49.7 Å². The molecule has 2 rings (SSSR count). The zero-order chi connectivity index (χ0) is 32.3. The summed E-state index contributed by atoms with van der Waals surface area (Å²) in [5.74, 6) is -3.08. The number of carboxylic acid groups (broad SMARTS) is 1. The minimum Gasteiger partial charge on any atom is -0.480 e. The Kier molecular flexibility index (Phi) is 15.9. The van der Waals surface area contributed by atoms with Crippen molar-refractivity contribution in [1.29, 1.82) is 0 Å². The van der Waals surface area contributed by atoms with Crippen LogP contribution < -0.4 is 38.9 Å². The van der Waals surface area contributed by atoms with E-state index in [1.54, 1.807) is 24.3 Å². The van der Waals surface area contributed by atoms with E-state index < -0.39 is 47.9 Å². The highest BCUT2D eigenvalue weighted by Crippen LogP contribution is 2.09. The van der Waals surface area contributed by atoms with Gasteiger partial charge < -0.3 is 44.0 Å². The lowest BCUT2D eigenvalue weighted by atomic mass is 10.0. The molecule has 0 radical (unpaired) electrons. The lowest BCUT2D eigenvalue weighted by Crippen LogP contribution is -2.57. The molecule has 240 valence electrons. The van der Waals surface area contributed by atoms with Crippen molar-refractivity contribution in [2.45, 2.75) is 75.5 Å². The highest BCUT2D eigenvalue weighted by atomic mass is 16.4. The topological polar surface area (TPSA) is 241 Å². The van der Waals surface area contributed by atoms with Gasteiger partial charge in [0.25, 0.3) is 0 Å². The number of aryl methyl sites for hydroxylation is 1. The van der Waals surface area contributed by atoms with Crippen LogP contribution in [0.5, 0.6) is 0 Å². The van der Waals surface area contributed by atoms with Crippen LogP contribution in [0, 0.1) is 0 Å². The van der Waals surface area contributed by atoms with Crippen molar-refractivity contribution in [3.63, 3.8) is 0 Å². The molecule has 0 heterocycles. The Hall–Kier alpha value is -4.49. The minimum atomic E-state index is -1.21. The minimum absolute atomic E-state index is 0.0652. The van der Waals surface area contributed by atoms with E-state index in [1.807, 2.05) is 36.4 Å². The number of amides is 3. The number of hydrogen-bond donors (Lipinski definition) is 8. The molecular weight excluding hydrogens is 564 g/mol. The van der Waals surface area contributed by atoms with E-state index in [-0.39, 0.29) is 31.8 Å². The molecule has 2 aromatic rings. The Morgan fingerprint density at radius 3 is 1.77 bits per heavy atom. The van der Waals surface area contributed by atoms with Crippen molar-refractivity contribution in [3.8, 4) is 0 Å². The van der Waals surface area contributed by atoms with Crippen molar-refractivity contribution in [1.82, 2.24) is 16.0 Å². The van der Waals surface area contributed by atoms with Gasteiger partial charge in [0.2, 0.25) is 17.7 Å². The number of hydrogen-bond acceptors (Lipinski definition) is 7. The van der Waals surface area contributed by atoms with Crippen LogP contribution in [-0.4, -0.2) is 72.0 Å². The quantitative estimate of drug-likeness (QED) is 0.0567. The van der Waals surface area contributed by atoms with Gasteiger partial charge in [-0.15, -0.1) is 0 Å². The summed E-state index contributed by atoms with van der Waals surface area (Å²) in [5, 5.41) is 17.7. The van der Waals surface area contributed by atoms with Crippen LogP contribution in [0.3, 0.4) is 0 Å². The number of nitrogens with one attached hydrogen (secondary N) is 3. The molecule has 3 amide bonds. The molecule has 13 heteroatoms. The molecule has 0 aromatic heterocycles. The van der Waals surface area contributed by atoms with Gasteiger partial charge in [0.1, 0.15) is 18.1 Å². The van der Waals surface area contributed by atoms with Gasteiger partial charge in [0.15, 0.2) is 5.96 Å². The molecule has 0 spiro atoms. The van der Waals surface area contributed by atoms with Gasteiger partial charge in [-0.2, -0.15) is 0 Å². The van der Waals surface area contributed by atoms with E-state index in [0.717, 1.165) is 11.1 Å². The van der Waals surface area contributed by atoms with Gasteiger partial charge in [-0.1, -0.05) is 60.7 Å². The number of carboxylic acids is 1. The summed E-state index contributed by atoms with van der Waals surface area (Å²) in [5.41, 5.74) is 24.4. The molecule has 0 bridgehead atoms. The second-order valence-corrected chi connectivity index (χ2v) is 10.6. The standard InChI is InChI=1S/C31H46N8O5/c32-18-8-7-14-24(29(42)39-26(30(43)44)20-22-12-5-2-6-13-22)38-28(41)25(15-9-19-36-31(34)35)37-27(40)23(33)17-16-21-10-3-1-4-11-21/h1-6,10-13,23-26H,7-9,14-20,32-33H2,(H,37,40)(H,38,41)(H,39,42)(H,43,44)(H4,34,35,36)/t23-,24-,25-,26-/m0/s1. The maximum Gasteiger partial charge on any atom is 0.326 e. The van der Waals surface area contributed by atoms with Gasteiger partial charge >= 0.3 is 5.97 Å². The first-order valence-electron chi connectivity index (χ1n) is 14.8. The first kappa shape index (κ1) is 35.7. The molecule has 0 saturated carbocycles. The Balaban J connectivity index is 2.14. The first-order chi connectivity index (χ1) is 21.1. The monoisotopic (exact) mass is 610 g/mol. The second-order valence-electron chi connectivity index (χ2n) is 10.6. The third-order valence-electron chi connectivity index (χ3n) is 6.98. The predicted octanol–water partition coefficient (Wildman–Crippen LogP) is -0.0892. The Bertz CT molecular complexity index is 1210. The van der Waals surface area contributed by atoms with Gasteiger partial charge in [-0.3, -0.25) is 19.4 Å². The molecule has 0 fully saturated rings. The van der Waals surface area contributed by atoms with Crippen LogP contribution in [0.2, 0.25) is 0 Å². The van der Waals surface area contributed by atoms with Gasteiger partial charge in [-0.05, 0) is 62.6 Å². The van der Waals surface area contributed by atoms with Crippen LogP contribution in [0.4, 0.5) is 0 Å². The molecule has 0 saturated heterocycles. The second kappa shape index (κ2) is 19.7. The van der Waals surface area contributed by atoms with Crippen LogP contribution in [-0.2, 0) is 32.0 Å². The highest BCUT2D eigenvalue weighted by Gasteiger charge is 2.30. The third kappa shape index (κ3) is 13.7. The lowest BCUT2D eigenvalue weighted by molar-refractivity contribution is -0.142. The number of unbranched alkanes of at least 4 members (excludes halogenated alkanes) is 1. The summed E-state index contributed by atoms with van der Waals surface area (Å²) >= 11 is 0. The normalized spacial score (nSPS) is 13.5. The number of carbonyl (C=O) groups is 4. The molecule has 0 unspecified atom stereocenters. The van der Waals surface area contributed by atoms with Gasteiger partial charge in [0, 0.05) is 13.0 Å². The first-order valence-corrected chi connectivity index (χ1v) is 14.8. The molecular formula is C31H46N8O5. The molecule has 0 aliphatic heterocycles. The summed E-state index contributed by atoms with van der Waals surface area (Å²) in [6, 6.07) is 14.3. The SMILES string of the molecule is NCCCC[C@H](NC(=O)[C@H](CCCN=C(N)N)NC(=O)[C@@H](N)CCc1ccccc1)C(=O)N[C@@H](Cc1ccccc1)C(=O)O. The number of nitrogens with zero attached hydrogens (tertiary/aromatic N) is 1. The number of aliphatic carboxylic acids is 1. The molecule has 44 heavy (non-hydrogen) atoms. The third-order valence-corrected chi connectivity index (χ3v) is 6.98. The number of rotatable bonds is 20. The van der Waals surface area contributed by atoms with E-state index >= 15 is 0 Å². The molecule has 0 aliphatic rings. The average Bonchev–Trinajstić information content (AvgIpc) is 3.01. The molecule has 4 atom stereocenters. The van der Waals surface area contributed by atoms with Crippen LogP contribution in [0.15, 0.2) is 65.7 Å². The zero-order valence-electron chi connectivity index (χ0n) is 25.0. The molecule has 0 aliphatic carbocycles. The molecule has 13 nitrogen and oxygen atoms in total. The van der Waals surface area contributed by atoms with E-state index in [0.29, 0.717) is 38.6 Å². The van der Waals surface area contributed by atoms with E-state index in [1.165, 1.54) is 0 Å². The van der Waals surface area contributed by atoms with Crippen molar-refractivity contribution in [2.75, 3.05) is 13.1 Å². The Morgan fingerprint density at radius 1 is 0.705 bits per heavy atom. The number of benzene rings is 2. The number of aliphatic imine (C=N–C) groups is 1. The molecule has 12 N–H and O–H groups in total. The average molecular weight is 611 g/mol.